The molecule has 0 aliphatic heterocycles. The second kappa shape index (κ2) is 8.72. The predicted molar refractivity (Wildman–Crippen MR) is 110 cm³/mol. The molecule has 0 bridgehead atoms. The lowest BCUT2D eigenvalue weighted by molar-refractivity contribution is 0.0928. The van der Waals surface area contributed by atoms with E-state index in [4.69, 9.17) is 9.73 Å². The maximum absolute atomic E-state index is 10.6. The lowest BCUT2D eigenvalue weighted by Crippen LogP contribution is -2.29. The first-order valence-corrected chi connectivity index (χ1v) is 10.6. The summed E-state index contributed by atoms with van der Waals surface area (Å²) < 4.78 is 9.10. The second-order valence-electron chi connectivity index (χ2n) is 7.16. The topological polar surface area (TPSA) is 46.8 Å². The molecule has 0 amide bonds. The van der Waals surface area contributed by atoms with Crippen LogP contribution in [0, 0.1) is 0 Å². The Morgan fingerprint density at radius 1 is 1.04 bits per heavy atom. The van der Waals surface area contributed by atoms with Crippen LogP contribution in [-0.4, -0.2) is 28.4 Å². The molecular formula is C22H26N2O2S. The fourth-order valence-electron chi connectivity index (χ4n) is 3.63. The number of ether oxygens (including phenoxy) is 1. The standard InChI is InChI=1S/C22H26N2O2S/c25-18(16-26-19-11-5-2-6-12-19)15-24-20-13-7-8-14-21(20)27-22(24)23-17-9-3-1-4-10-17/h2,5-8,11-14,17-18,25H,1,3-4,9-10,15-16H2. The molecule has 142 valence electrons. The average molecular weight is 383 g/mol. The molecule has 1 saturated carbocycles. The quantitative estimate of drug-likeness (QED) is 0.688. The van der Waals surface area contributed by atoms with Gasteiger partial charge in [0.2, 0.25) is 0 Å². The summed E-state index contributed by atoms with van der Waals surface area (Å²) in [5.41, 5.74) is 1.14. The summed E-state index contributed by atoms with van der Waals surface area (Å²) in [7, 11) is 0. The van der Waals surface area contributed by atoms with Crippen LogP contribution in [0.4, 0.5) is 0 Å². The third kappa shape index (κ3) is 4.60. The van der Waals surface area contributed by atoms with E-state index < -0.39 is 6.10 Å². The van der Waals surface area contributed by atoms with E-state index >= 15 is 0 Å². The fraction of sp³-hybridized carbons (Fsp3) is 0.409. The van der Waals surface area contributed by atoms with Gasteiger partial charge in [-0.15, -0.1) is 0 Å². The number of thiazole rings is 1. The van der Waals surface area contributed by atoms with Gasteiger partial charge in [0.25, 0.3) is 0 Å². The van der Waals surface area contributed by atoms with Crippen LogP contribution in [0.3, 0.4) is 0 Å². The van der Waals surface area contributed by atoms with Crippen LogP contribution in [0.5, 0.6) is 5.75 Å². The van der Waals surface area contributed by atoms with Gasteiger partial charge in [-0.25, -0.2) is 0 Å². The highest BCUT2D eigenvalue weighted by Crippen LogP contribution is 2.22. The van der Waals surface area contributed by atoms with E-state index in [0.717, 1.165) is 16.1 Å². The van der Waals surface area contributed by atoms with Gasteiger partial charge in [0, 0.05) is 0 Å². The molecule has 1 heterocycles. The van der Waals surface area contributed by atoms with Crippen molar-refractivity contribution in [1.82, 2.24) is 4.57 Å². The molecule has 4 nitrogen and oxygen atoms in total. The van der Waals surface area contributed by atoms with Gasteiger partial charge in [0.15, 0.2) is 4.80 Å². The molecule has 1 aliphatic carbocycles. The van der Waals surface area contributed by atoms with Crippen molar-refractivity contribution in [2.75, 3.05) is 6.61 Å². The highest BCUT2D eigenvalue weighted by Gasteiger charge is 2.15. The molecule has 2 aromatic carbocycles. The first kappa shape index (κ1) is 18.3. The number of aliphatic hydroxyl groups excluding tert-OH is 1. The van der Waals surface area contributed by atoms with E-state index in [1.165, 1.54) is 36.8 Å². The average Bonchev–Trinajstić information content (AvgIpc) is 3.05. The molecule has 1 atom stereocenters. The number of para-hydroxylation sites is 2. The lowest BCUT2D eigenvalue weighted by atomic mass is 9.96. The fourth-order valence-corrected chi connectivity index (χ4v) is 4.75. The molecule has 5 heteroatoms. The summed E-state index contributed by atoms with van der Waals surface area (Å²) in [6.07, 6.45) is 5.63. The molecule has 0 radical (unpaired) electrons. The van der Waals surface area contributed by atoms with E-state index in [9.17, 15) is 5.11 Å². The largest absolute Gasteiger partial charge is 0.491 e. The smallest absolute Gasteiger partial charge is 0.186 e. The summed E-state index contributed by atoms with van der Waals surface area (Å²) in [6.45, 7) is 0.756. The summed E-state index contributed by atoms with van der Waals surface area (Å²) in [5, 5.41) is 10.6. The zero-order chi connectivity index (χ0) is 18.5. The van der Waals surface area contributed by atoms with Gasteiger partial charge in [-0.2, -0.15) is 0 Å². The highest BCUT2D eigenvalue weighted by atomic mass is 32.1. The lowest BCUT2D eigenvalue weighted by Gasteiger charge is -2.18. The van der Waals surface area contributed by atoms with E-state index in [0.29, 0.717) is 12.6 Å². The van der Waals surface area contributed by atoms with Gasteiger partial charge in [-0.3, -0.25) is 4.99 Å². The summed E-state index contributed by atoms with van der Waals surface area (Å²) in [4.78, 5) is 6.07. The second-order valence-corrected chi connectivity index (χ2v) is 8.17. The number of fused-ring (bicyclic) bond motifs is 1. The minimum atomic E-state index is -0.589. The zero-order valence-electron chi connectivity index (χ0n) is 15.5. The molecule has 27 heavy (non-hydrogen) atoms. The minimum Gasteiger partial charge on any atom is -0.491 e. The van der Waals surface area contributed by atoms with Crippen molar-refractivity contribution < 1.29 is 9.84 Å². The first-order valence-electron chi connectivity index (χ1n) is 9.78. The van der Waals surface area contributed by atoms with E-state index in [1.807, 2.05) is 36.4 Å². The Morgan fingerprint density at radius 2 is 1.78 bits per heavy atom. The van der Waals surface area contributed by atoms with Crippen LogP contribution < -0.4 is 9.54 Å². The molecular weight excluding hydrogens is 356 g/mol. The van der Waals surface area contributed by atoms with Crippen LogP contribution in [0.15, 0.2) is 59.6 Å². The Balaban J connectivity index is 1.55. The summed E-state index contributed by atoms with van der Waals surface area (Å²) in [5.74, 6) is 0.781. The van der Waals surface area contributed by atoms with Crippen molar-refractivity contribution in [3.8, 4) is 5.75 Å². The van der Waals surface area contributed by atoms with Crippen molar-refractivity contribution in [2.45, 2.75) is 50.8 Å². The highest BCUT2D eigenvalue weighted by molar-refractivity contribution is 7.16. The molecule has 1 fully saturated rings. The number of aliphatic hydroxyl groups is 1. The van der Waals surface area contributed by atoms with Gasteiger partial charge < -0.3 is 14.4 Å². The van der Waals surface area contributed by atoms with Crippen LogP contribution in [0.1, 0.15) is 32.1 Å². The van der Waals surface area contributed by atoms with Gasteiger partial charge in [0.05, 0.1) is 22.8 Å². The molecule has 1 aliphatic rings. The maximum Gasteiger partial charge on any atom is 0.186 e. The monoisotopic (exact) mass is 382 g/mol. The number of hydrogen-bond donors (Lipinski definition) is 1. The Morgan fingerprint density at radius 3 is 2.59 bits per heavy atom. The molecule has 1 unspecified atom stereocenters. The maximum atomic E-state index is 10.6. The van der Waals surface area contributed by atoms with Gasteiger partial charge in [0.1, 0.15) is 18.5 Å². The van der Waals surface area contributed by atoms with Crippen molar-refractivity contribution in [2.24, 2.45) is 4.99 Å². The third-order valence-corrected chi connectivity index (χ3v) is 6.11. The van der Waals surface area contributed by atoms with Crippen molar-refractivity contribution in [3.05, 3.63) is 59.4 Å². The van der Waals surface area contributed by atoms with Gasteiger partial charge in [-0.1, -0.05) is 60.9 Å². The predicted octanol–water partition coefficient (Wildman–Crippen LogP) is 4.38. The molecule has 0 spiro atoms. The Bertz CT molecular complexity index is 926. The van der Waals surface area contributed by atoms with Crippen molar-refractivity contribution in [3.63, 3.8) is 0 Å². The molecule has 1 aromatic heterocycles. The van der Waals surface area contributed by atoms with Gasteiger partial charge >= 0.3 is 0 Å². The van der Waals surface area contributed by atoms with Crippen LogP contribution in [0.25, 0.3) is 10.2 Å². The van der Waals surface area contributed by atoms with Crippen LogP contribution in [-0.2, 0) is 6.54 Å². The number of nitrogens with zero attached hydrogens (tertiary/aromatic N) is 2. The Hall–Kier alpha value is -2.11. The van der Waals surface area contributed by atoms with E-state index in [2.05, 4.69) is 22.8 Å². The summed E-state index contributed by atoms with van der Waals surface area (Å²) >= 11 is 1.72. The van der Waals surface area contributed by atoms with Crippen molar-refractivity contribution in [1.29, 1.82) is 0 Å². The Labute approximate surface area is 163 Å². The van der Waals surface area contributed by atoms with E-state index in [-0.39, 0.29) is 6.61 Å². The number of benzene rings is 2. The normalized spacial score (nSPS) is 17.3. The van der Waals surface area contributed by atoms with Crippen LogP contribution >= 0.6 is 11.3 Å². The Kier molecular flexibility index (Phi) is 5.90. The molecule has 1 N–H and O–H groups in total. The minimum absolute atomic E-state index is 0.268. The van der Waals surface area contributed by atoms with Crippen molar-refractivity contribution >= 4 is 21.6 Å². The van der Waals surface area contributed by atoms with E-state index in [1.54, 1.807) is 11.3 Å². The zero-order valence-corrected chi connectivity index (χ0v) is 16.3. The molecule has 3 aromatic rings. The molecule has 4 rings (SSSR count). The number of aromatic nitrogens is 1. The summed E-state index contributed by atoms with van der Waals surface area (Å²) in [6, 6.07) is 18.4. The first-order chi connectivity index (χ1) is 13.3. The van der Waals surface area contributed by atoms with Crippen LogP contribution in [0.2, 0.25) is 0 Å². The SMILES string of the molecule is OC(COc1ccccc1)Cn1c(=NC2CCCCC2)sc2ccccc21. The molecule has 0 saturated heterocycles. The third-order valence-electron chi connectivity index (χ3n) is 5.03. The number of rotatable bonds is 6. The number of hydrogen-bond acceptors (Lipinski definition) is 4. The van der Waals surface area contributed by atoms with Gasteiger partial charge in [-0.05, 0) is 37.1 Å².